The zero-order valence-electron chi connectivity index (χ0n) is 8.90. The molecular formula is C11H8ClNO4. The van der Waals surface area contributed by atoms with Crippen molar-refractivity contribution in [1.29, 1.82) is 0 Å². The van der Waals surface area contributed by atoms with Gasteiger partial charge >= 0.3 is 6.09 Å². The molecule has 88 valence electrons. The fraction of sp³-hybridized carbons (Fsp3) is 0.182. The summed E-state index contributed by atoms with van der Waals surface area (Å²) in [5.41, 5.74) is 0.281. The third kappa shape index (κ3) is 1.78. The molecule has 0 saturated carbocycles. The zero-order chi connectivity index (χ0) is 12.6. The molecule has 0 aliphatic carbocycles. The second-order valence-corrected chi connectivity index (χ2v) is 3.77. The molecule has 2 rings (SSSR count). The van der Waals surface area contributed by atoms with E-state index >= 15 is 0 Å². The quantitative estimate of drug-likeness (QED) is 0.719. The number of carbonyl (C=O) groups is 3. The van der Waals surface area contributed by atoms with Crippen LogP contribution in [0.5, 0.6) is 0 Å². The summed E-state index contributed by atoms with van der Waals surface area (Å²) in [6, 6.07) is 4.26. The Bertz CT molecular complexity index is 526. The van der Waals surface area contributed by atoms with Crippen molar-refractivity contribution >= 4 is 29.5 Å². The Morgan fingerprint density at radius 1 is 1.29 bits per heavy atom. The van der Waals surface area contributed by atoms with Gasteiger partial charge in [0, 0.05) is 5.02 Å². The van der Waals surface area contributed by atoms with Gasteiger partial charge < -0.3 is 4.74 Å². The number of rotatable bonds is 1. The van der Waals surface area contributed by atoms with E-state index < -0.39 is 17.9 Å². The molecule has 0 aromatic heterocycles. The van der Waals surface area contributed by atoms with Gasteiger partial charge in [0.1, 0.15) is 0 Å². The molecule has 1 aliphatic heterocycles. The van der Waals surface area contributed by atoms with Crippen molar-refractivity contribution in [1.82, 2.24) is 4.90 Å². The molecule has 0 N–H and O–H groups in total. The first kappa shape index (κ1) is 11.6. The Balaban J connectivity index is 2.42. The highest BCUT2D eigenvalue weighted by molar-refractivity contribution is 6.33. The van der Waals surface area contributed by atoms with Crippen molar-refractivity contribution < 1.29 is 19.1 Å². The van der Waals surface area contributed by atoms with E-state index in [9.17, 15) is 14.4 Å². The normalized spacial score (nSPS) is 13.9. The Labute approximate surface area is 102 Å². The van der Waals surface area contributed by atoms with E-state index in [1.54, 1.807) is 6.92 Å². The zero-order valence-corrected chi connectivity index (χ0v) is 9.65. The van der Waals surface area contributed by atoms with Crippen molar-refractivity contribution in [2.45, 2.75) is 6.92 Å². The summed E-state index contributed by atoms with van der Waals surface area (Å²) in [7, 11) is 0. The Hall–Kier alpha value is -1.88. The van der Waals surface area contributed by atoms with Gasteiger partial charge in [-0.1, -0.05) is 11.6 Å². The lowest BCUT2D eigenvalue weighted by molar-refractivity contribution is 0.0596. The van der Waals surface area contributed by atoms with Gasteiger partial charge in [0.2, 0.25) is 0 Å². The van der Waals surface area contributed by atoms with Gasteiger partial charge in [0.25, 0.3) is 11.8 Å². The SMILES string of the molecule is CCOC(=O)N1C(=O)c2ccc(Cl)cc2C1=O. The predicted molar refractivity (Wildman–Crippen MR) is 59.0 cm³/mol. The number of carbonyl (C=O) groups excluding carboxylic acids is 3. The van der Waals surface area contributed by atoms with Crippen LogP contribution in [0.1, 0.15) is 27.6 Å². The molecule has 0 unspecified atom stereocenters. The van der Waals surface area contributed by atoms with Gasteiger partial charge in [-0.3, -0.25) is 9.59 Å². The monoisotopic (exact) mass is 253 g/mol. The van der Waals surface area contributed by atoms with Crippen molar-refractivity contribution in [2.75, 3.05) is 6.61 Å². The smallest absolute Gasteiger partial charge is 0.424 e. The van der Waals surface area contributed by atoms with Crippen LogP contribution in [0.2, 0.25) is 5.02 Å². The van der Waals surface area contributed by atoms with Crippen LogP contribution in [0, 0.1) is 0 Å². The van der Waals surface area contributed by atoms with Crippen LogP contribution in [0.15, 0.2) is 18.2 Å². The predicted octanol–water partition coefficient (Wildman–Crippen LogP) is 2.09. The molecule has 5 nitrogen and oxygen atoms in total. The number of imide groups is 3. The minimum absolute atomic E-state index is 0.0903. The highest BCUT2D eigenvalue weighted by atomic mass is 35.5. The number of hydrogen-bond donors (Lipinski definition) is 0. The first-order chi connectivity index (χ1) is 8.06. The van der Waals surface area contributed by atoms with Crippen LogP contribution in [-0.2, 0) is 4.74 Å². The third-order valence-corrected chi connectivity index (χ3v) is 2.53. The van der Waals surface area contributed by atoms with Crippen LogP contribution < -0.4 is 0 Å². The van der Waals surface area contributed by atoms with E-state index in [-0.39, 0.29) is 17.7 Å². The number of ether oxygens (including phenoxy) is 1. The number of amides is 3. The number of benzene rings is 1. The largest absolute Gasteiger partial charge is 0.449 e. The molecule has 0 radical (unpaired) electrons. The fourth-order valence-corrected chi connectivity index (χ4v) is 1.74. The summed E-state index contributed by atoms with van der Waals surface area (Å²) in [5, 5.41) is 0.329. The molecule has 1 aromatic rings. The average molecular weight is 254 g/mol. The van der Waals surface area contributed by atoms with Gasteiger partial charge in [-0.15, -0.1) is 0 Å². The summed E-state index contributed by atoms with van der Waals surface area (Å²) in [6.07, 6.45) is -0.963. The van der Waals surface area contributed by atoms with Crippen LogP contribution in [0.4, 0.5) is 4.79 Å². The number of hydrogen-bond acceptors (Lipinski definition) is 4. The van der Waals surface area contributed by atoms with Crippen molar-refractivity contribution in [3.63, 3.8) is 0 Å². The summed E-state index contributed by atoms with van der Waals surface area (Å²) in [4.78, 5) is 35.5. The number of halogens is 1. The first-order valence-corrected chi connectivity index (χ1v) is 5.29. The van der Waals surface area contributed by atoms with Crippen LogP contribution in [-0.4, -0.2) is 29.4 Å². The Morgan fingerprint density at radius 3 is 2.59 bits per heavy atom. The van der Waals surface area contributed by atoms with Gasteiger partial charge in [-0.2, -0.15) is 4.90 Å². The highest BCUT2D eigenvalue weighted by Gasteiger charge is 2.40. The molecule has 0 spiro atoms. The van der Waals surface area contributed by atoms with E-state index in [0.29, 0.717) is 9.92 Å². The van der Waals surface area contributed by atoms with E-state index in [1.807, 2.05) is 0 Å². The lowest BCUT2D eigenvalue weighted by Gasteiger charge is -2.10. The lowest BCUT2D eigenvalue weighted by atomic mass is 10.1. The standard InChI is InChI=1S/C11H8ClNO4/c1-2-17-11(16)13-9(14)7-4-3-6(12)5-8(7)10(13)15/h3-5H,2H2,1H3. The van der Waals surface area contributed by atoms with Gasteiger partial charge in [0.15, 0.2) is 0 Å². The van der Waals surface area contributed by atoms with Crippen LogP contribution >= 0.6 is 11.6 Å². The number of nitrogens with zero attached hydrogens (tertiary/aromatic N) is 1. The maximum absolute atomic E-state index is 11.8. The lowest BCUT2D eigenvalue weighted by Crippen LogP contribution is -2.36. The maximum Gasteiger partial charge on any atom is 0.424 e. The molecule has 1 heterocycles. The topological polar surface area (TPSA) is 63.7 Å². The summed E-state index contributed by atoms with van der Waals surface area (Å²) < 4.78 is 4.64. The second kappa shape index (κ2) is 4.18. The van der Waals surface area contributed by atoms with E-state index in [4.69, 9.17) is 11.6 Å². The fourth-order valence-electron chi connectivity index (χ4n) is 1.57. The van der Waals surface area contributed by atoms with E-state index in [2.05, 4.69) is 4.74 Å². The molecular weight excluding hydrogens is 246 g/mol. The summed E-state index contributed by atoms with van der Waals surface area (Å²) in [5.74, 6) is -1.38. The summed E-state index contributed by atoms with van der Waals surface area (Å²) in [6.45, 7) is 1.68. The molecule has 6 heteroatoms. The third-order valence-electron chi connectivity index (χ3n) is 2.30. The molecule has 1 aliphatic rings. The van der Waals surface area contributed by atoms with Gasteiger partial charge in [-0.25, -0.2) is 4.79 Å². The second-order valence-electron chi connectivity index (χ2n) is 3.33. The Kier molecular flexibility index (Phi) is 2.85. The minimum Gasteiger partial charge on any atom is -0.449 e. The molecule has 0 atom stereocenters. The van der Waals surface area contributed by atoms with Crippen molar-refractivity contribution in [3.8, 4) is 0 Å². The minimum atomic E-state index is -0.963. The molecule has 0 saturated heterocycles. The molecule has 1 aromatic carbocycles. The highest BCUT2D eigenvalue weighted by Crippen LogP contribution is 2.26. The van der Waals surface area contributed by atoms with Gasteiger partial charge in [-0.05, 0) is 25.1 Å². The van der Waals surface area contributed by atoms with Gasteiger partial charge in [0.05, 0.1) is 17.7 Å². The number of fused-ring (bicyclic) bond motifs is 1. The average Bonchev–Trinajstić information content (AvgIpc) is 2.52. The summed E-state index contributed by atoms with van der Waals surface area (Å²) >= 11 is 5.73. The first-order valence-electron chi connectivity index (χ1n) is 4.91. The van der Waals surface area contributed by atoms with E-state index in [0.717, 1.165) is 0 Å². The van der Waals surface area contributed by atoms with Crippen LogP contribution in [0.3, 0.4) is 0 Å². The molecule has 17 heavy (non-hydrogen) atoms. The Morgan fingerprint density at radius 2 is 1.94 bits per heavy atom. The van der Waals surface area contributed by atoms with Crippen LogP contribution in [0.25, 0.3) is 0 Å². The van der Waals surface area contributed by atoms with Crippen molar-refractivity contribution in [3.05, 3.63) is 34.3 Å². The van der Waals surface area contributed by atoms with Crippen molar-refractivity contribution in [2.24, 2.45) is 0 Å². The molecule has 0 fully saturated rings. The molecule has 3 amide bonds. The van der Waals surface area contributed by atoms with E-state index in [1.165, 1.54) is 18.2 Å². The molecule has 0 bridgehead atoms. The maximum atomic E-state index is 11.8.